The molecule has 2 aliphatic heterocycles. The molecule has 1 saturated heterocycles. The molecule has 184 valence electrons. The number of imide groups is 1. The Morgan fingerprint density at radius 1 is 1.15 bits per heavy atom. The minimum atomic E-state index is -3.80. The van der Waals surface area contributed by atoms with E-state index < -0.39 is 33.7 Å². The van der Waals surface area contributed by atoms with Crippen LogP contribution in [0.1, 0.15) is 72.6 Å². The second kappa shape index (κ2) is 8.83. The number of aromatic nitrogens is 1. The van der Waals surface area contributed by atoms with E-state index in [4.69, 9.17) is 4.74 Å². The van der Waals surface area contributed by atoms with Gasteiger partial charge in [0.2, 0.25) is 10.0 Å². The molecule has 0 saturated carbocycles. The van der Waals surface area contributed by atoms with Gasteiger partial charge in [0, 0.05) is 48.6 Å². The van der Waals surface area contributed by atoms with E-state index in [9.17, 15) is 23.1 Å². The standard InChI is InChI=1S/C24H31N3O6S/c1-15-19(20-17(25-15)11-14-27(22(20)29)23(30)33-24(2,3)4)21(28)16-9-5-6-10-18(16)34(31,32)26-12-7-8-13-26/h5-6,9-10,21,25,28H,7-8,11-14H2,1-4H3. The normalized spacial score (nSPS) is 18.1. The molecule has 4 rings (SSSR count). The third kappa shape index (κ3) is 4.37. The number of carbonyl (C=O) groups excluding carboxylic acids is 2. The molecule has 9 nitrogen and oxygen atoms in total. The van der Waals surface area contributed by atoms with E-state index in [0.717, 1.165) is 17.7 Å². The molecule has 0 radical (unpaired) electrons. The van der Waals surface area contributed by atoms with Gasteiger partial charge in [0.25, 0.3) is 5.91 Å². The number of H-pyrrole nitrogens is 1. The average Bonchev–Trinajstić information content (AvgIpc) is 3.40. The Bertz CT molecular complexity index is 1220. The molecule has 2 aliphatic rings. The summed E-state index contributed by atoms with van der Waals surface area (Å²) in [6.45, 7) is 7.91. The molecule has 1 aromatic heterocycles. The molecular formula is C24H31N3O6S. The molecule has 1 unspecified atom stereocenters. The van der Waals surface area contributed by atoms with Crippen molar-refractivity contribution in [2.24, 2.45) is 0 Å². The Kier molecular flexibility index (Phi) is 6.34. The second-order valence-corrected chi connectivity index (χ2v) is 11.7. The number of carbonyl (C=O) groups is 2. The van der Waals surface area contributed by atoms with Crippen molar-refractivity contribution in [1.29, 1.82) is 0 Å². The van der Waals surface area contributed by atoms with E-state index in [-0.39, 0.29) is 28.1 Å². The lowest BCUT2D eigenvalue weighted by molar-refractivity contribution is 0.0231. The number of aliphatic hydroxyl groups is 1. The van der Waals surface area contributed by atoms with Crippen LogP contribution in [0.4, 0.5) is 4.79 Å². The summed E-state index contributed by atoms with van der Waals surface area (Å²) in [5.41, 5.74) is 1.05. The number of hydrogen-bond acceptors (Lipinski definition) is 6. The van der Waals surface area contributed by atoms with Crippen molar-refractivity contribution in [1.82, 2.24) is 14.2 Å². The molecule has 1 fully saturated rings. The first-order chi connectivity index (χ1) is 15.9. The Balaban J connectivity index is 1.74. The molecule has 1 atom stereocenters. The van der Waals surface area contributed by atoms with Gasteiger partial charge in [0.05, 0.1) is 10.5 Å². The maximum atomic E-state index is 13.4. The van der Waals surface area contributed by atoms with Crippen LogP contribution in [0.15, 0.2) is 29.2 Å². The molecular weight excluding hydrogens is 458 g/mol. The van der Waals surface area contributed by atoms with Gasteiger partial charge in [-0.25, -0.2) is 18.1 Å². The number of aromatic amines is 1. The van der Waals surface area contributed by atoms with Crippen LogP contribution in [0.3, 0.4) is 0 Å². The zero-order valence-electron chi connectivity index (χ0n) is 19.9. The number of benzene rings is 1. The van der Waals surface area contributed by atoms with Gasteiger partial charge in [0.15, 0.2) is 0 Å². The fourth-order valence-electron chi connectivity index (χ4n) is 4.60. The lowest BCUT2D eigenvalue weighted by atomic mass is 9.94. The van der Waals surface area contributed by atoms with E-state index in [1.807, 2.05) is 0 Å². The molecule has 2 aromatic rings. The van der Waals surface area contributed by atoms with Crippen molar-refractivity contribution < 1.29 is 27.9 Å². The van der Waals surface area contributed by atoms with Crippen molar-refractivity contribution in [2.75, 3.05) is 19.6 Å². The summed E-state index contributed by atoms with van der Waals surface area (Å²) in [7, 11) is -3.80. The molecule has 3 heterocycles. The topological polar surface area (TPSA) is 120 Å². The fraction of sp³-hybridized carbons (Fsp3) is 0.500. The Morgan fingerprint density at radius 3 is 2.44 bits per heavy atom. The highest BCUT2D eigenvalue weighted by molar-refractivity contribution is 7.89. The Hall–Kier alpha value is -2.69. The van der Waals surface area contributed by atoms with Gasteiger partial charge in [-0.15, -0.1) is 0 Å². The lowest BCUT2D eigenvalue weighted by Crippen LogP contribution is -2.45. The van der Waals surface area contributed by atoms with Gasteiger partial charge < -0.3 is 14.8 Å². The number of fused-ring (bicyclic) bond motifs is 1. The predicted octanol–water partition coefficient (Wildman–Crippen LogP) is 3.12. The molecule has 0 bridgehead atoms. The fourth-order valence-corrected chi connectivity index (χ4v) is 6.34. The van der Waals surface area contributed by atoms with Gasteiger partial charge in [-0.05, 0) is 46.6 Å². The molecule has 0 aliphatic carbocycles. The predicted molar refractivity (Wildman–Crippen MR) is 125 cm³/mol. The quantitative estimate of drug-likeness (QED) is 0.681. The largest absolute Gasteiger partial charge is 0.443 e. The second-order valence-electron chi connectivity index (χ2n) is 9.76. The van der Waals surface area contributed by atoms with Crippen molar-refractivity contribution in [3.8, 4) is 0 Å². The van der Waals surface area contributed by atoms with Crippen LogP contribution < -0.4 is 0 Å². The van der Waals surface area contributed by atoms with Gasteiger partial charge in [-0.1, -0.05) is 18.2 Å². The highest BCUT2D eigenvalue weighted by Gasteiger charge is 2.39. The number of aliphatic hydroxyl groups excluding tert-OH is 1. The molecule has 1 aromatic carbocycles. The zero-order valence-corrected chi connectivity index (χ0v) is 20.7. The van der Waals surface area contributed by atoms with E-state index in [0.29, 0.717) is 30.9 Å². The number of aryl methyl sites for hydroxylation is 1. The SMILES string of the molecule is Cc1[nH]c2c(c1C(O)c1ccccc1S(=O)(=O)N1CCCC1)C(=O)N(C(=O)OC(C)(C)C)CC2. The Morgan fingerprint density at radius 2 is 1.79 bits per heavy atom. The number of nitrogens with zero attached hydrogens (tertiary/aromatic N) is 2. The molecule has 10 heteroatoms. The first kappa shape index (κ1) is 24.4. The van der Waals surface area contributed by atoms with Gasteiger partial charge in [0.1, 0.15) is 11.7 Å². The first-order valence-electron chi connectivity index (χ1n) is 11.4. The molecule has 2 amide bonds. The average molecular weight is 490 g/mol. The van der Waals surface area contributed by atoms with Crippen LogP contribution in [-0.4, -0.2) is 64.9 Å². The minimum Gasteiger partial charge on any atom is -0.443 e. The monoisotopic (exact) mass is 489 g/mol. The van der Waals surface area contributed by atoms with E-state index in [2.05, 4.69) is 4.98 Å². The van der Waals surface area contributed by atoms with Gasteiger partial charge >= 0.3 is 6.09 Å². The molecule has 34 heavy (non-hydrogen) atoms. The van der Waals surface area contributed by atoms with Gasteiger partial charge in [-0.3, -0.25) is 4.79 Å². The van der Waals surface area contributed by atoms with Crippen molar-refractivity contribution >= 4 is 22.0 Å². The number of amides is 2. The smallest absolute Gasteiger partial charge is 0.417 e. The summed E-state index contributed by atoms with van der Waals surface area (Å²) in [4.78, 5) is 30.2. The summed E-state index contributed by atoms with van der Waals surface area (Å²) in [5, 5.41) is 11.4. The highest BCUT2D eigenvalue weighted by atomic mass is 32.2. The van der Waals surface area contributed by atoms with Crippen LogP contribution in [0.25, 0.3) is 0 Å². The lowest BCUT2D eigenvalue weighted by Gasteiger charge is -2.29. The van der Waals surface area contributed by atoms with Gasteiger partial charge in [-0.2, -0.15) is 4.31 Å². The minimum absolute atomic E-state index is 0.0195. The Labute approximate surface area is 199 Å². The van der Waals surface area contributed by atoms with Crippen LogP contribution >= 0.6 is 0 Å². The third-order valence-corrected chi connectivity index (χ3v) is 8.11. The number of rotatable bonds is 4. The first-order valence-corrected chi connectivity index (χ1v) is 12.9. The van der Waals surface area contributed by atoms with E-state index in [1.165, 1.54) is 10.4 Å². The molecule has 0 spiro atoms. The maximum Gasteiger partial charge on any atom is 0.417 e. The van der Waals surface area contributed by atoms with Crippen LogP contribution in [0.5, 0.6) is 0 Å². The number of nitrogens with one attached hydrogen (secondary N) is 1. The van der Waals surface area contributed by atoms with E-state index >= 15 is 0 Å². The van der Waals surface area contributed by atoms with Crippen molar-refractivity contribution in [2.45, 2.75) is 63.6 Å². The third-order valence-electron chi connectivity index (χ3n) is 6.14. The number of ether oxygens (including phenoxy) is 1. The summed E-state index contributed by atoms with van der Waals surface area (Å²) in [6.07, 6.45) is -0.162. The summed E-state index contributed by atoms with van der Waals surface area (Å²) < 4.78 is 33.4. The maximum absolute atomic E-state index is 13.4. The number of sulfonamides is 1. The van der Waals surface area contributed by atoms with Crippen molar-refractivity contribution in [3.05, 3.63) is 52.3 Å². The molecule has 2 N–H and O–H groups in total. The number of hydrogen-bond donors (Lipinski definition) is 2. The van der Waals surface area contributed by atoms with Crippen molar-refractivity contribution in [3.63, 3.8) is 0 Å². The van der Waals surface area contributed by atoms with Crippen LogP contribution in [-0.2, 0) is 21.2 Å². The zero-order chi connectivity index (χ0) is 24.8. The summed E-state index contributed by atoms with van der Waals surface area (Å²) in [5.74, 6) is -0.575. The summed E-state index contributed by atoms with van der Waals surface area (Å²) >= 11 is 0. The highest BCUT2D eigenvalue weighted by Crippen LogP contribution is 2.37. The van der Waals surface area contributed by atoms with Crippen LogP contribution in [0, 0.1) is 6.92 Å². The van der Waals surface area contributed by atoms with Crippen LogP contribution in [0.2, 0.25) is 0 Å². The van der Waals surface area contributed by atoms with E-state index in [1.54, 1.807) is 45.9 Å². The summed E-state index contributed by atoms with van der Waals surface area (Å²) in [6, 6.07) is 6.32.